The van der Waals surface area contributed by atoms with E-state index in [9.17, 15) is 4.79 Å². The molecule has 0 unspecified atom stereocenters. The molecule has 3 rings (SSSR count). The van der Waals surface area contributed by atoms with Gasteiger partial charge in [0, 0.05) is 18.5 Å². The van der Waals surface area contributed by atoms with Crippen molar-refractivity contribution in [3.05, 3.63) is 29.0 Å². The van der Waals surface area contributed by atoms with Gasteiger partial charge in [0.15, 0.2) is 10.8 Å². The van der Waals surface area contributed by atoms with Crippen LogP contribution < -0.4 is 0 Å². The lowest BCUT2D eigenvalue weighted by atomic mass is 9.97. The van der Waals surface area contributed by atoms with E-state index in [0.717, 1.165) is 36.0 Å². The number of hydrogen-bond acceptors (Lipinski definition) is 4. The van der Waals surface area contributed by atoms with Gasteiger partial charge in [-0.25, -0.2) is 4.98 Å². The smallest absolute Gasteiger partial charge is 0.273 e. The first-order valence-electron chi connectivity index (χ1n) is 6.49. The quantitative estimate of drug-likeness (QED) is 0.865. The zero-order valence-electron chi connectivity index (χ0n) is 11.0. The molecule has 0 saturated carbocycles. The molecular weight excluding hydrogens is 260 g/mol. The van der Waals surface area contributed by atoms with Crippen molar-refractivity contribution in [1.29, 1.82) is 0 Å². The number of carbonyl (C=O) groups excluding carboxylic acids is 1. The van der Waals surface area contributed by atoms with Crippen molar-refractivity contribution in [2.24, 2.45) is 5.92 Å². The molecule has 1 saturated heterocycles. The summed E-state index contributed by atoms with van der Waals surface area (Å²) in [5.74, 6) is 2.29. The van der Waals surface area contributed by atoms with E-state index in [1.165, 1.54) is 11.3 Å². The highest BCUT2D eigenvalue weighted by molar-refractivity contribution is 7.13. The van der Waals surface area contributed by atoms with Crippen molar-refractivity contribution in [1.82, 2.24) is 9.88 Å². The number of likely N-dealkylation sites (tertiary alicyclic amines) is 1. The van der Waals surface area contributed by atoms with Crippen LogP contribution in [0.5, 0.6) is 0 Å². The van der Waals surface area contributed by atoms with Crippen molar-refractivity contribution in [3.8, 4) is 10.8 Å². The molecule has 0 aliphatic carbocycles. The largest absolute Gasteiger partial charge is 0.459 e. The number of furan rings is 1. The monoisotopic (exact) mass is 276 g/mol. The number of nitrogens with zero attached hydrogens (tertiary/aromatic N) is 2. The molecule has 100 valence electrons. The van der Waals surface area contributed by atoms with Gasteiger partial charge in [-0.1, -0.05) is 6.92 Å². The van der Waals surface area contributed by atoms with Crippen LogP contribution in [0, 0.1) is 12.8 Å². The first-order chi connectivity index (χ1) is 9.17. The molecule has 0 atom stereocenters. The molecule has 1 amide bonds. The van der Waals surface area contributed by atoms with Crippen LogP contribution in [0.4, 0.5) is 0 Å². The first-order valence-corrected chi connectivity index (χ1v) is 7.37. The summed E-state index contributed by atoms with van der Waals surface area (Å²) in [6.07, 6.45) is 1.14. The second kappa shape index (κ2) is 4.81. The Labute approximate surface area is 116 Å². The van der Waals surface area contributed by atoms with Gasteiger partial charge in [0.25, 0.3) is 5.91 Å². The number of rotatable bonds is 3. The average Bonchev–Trinajstić information content (AvgIpc) is 2.95. The van der Waals surface area contributed by atoms with Crippen LogP contribution in [0.3, 0.4) is 0 Å². The highest BCUT2D eigenvalue weighted by Crippen LogP contribution is 2.27. The van der Waals surface area contributed by atoms with Crippen molar-refractivity contribution in [2.75, 3.05) is 13.1 Å². The van der Waals surface area contributed by atoms with Gasteiger partial charge in [0.2, 0.25) is 0 Å². The Morgan fingerprint density at radius 3 is 2.95 bits per heavy atom. The maximum absolute atomic E-state index is 12.2. The molecule has 1 aliphatic rings. The summed E-state index contributed by atoms with van der Waals surface area (Å²) < 4.78 is 5.52. The van der Waals surface area contributed by atoms with Crippen LogP contribution in [0.1, 0.15) is 29.6 Å². The number of amides is 1. The Bertz CT molecular complexity index is 596. The fraction of sp³-hybridized carbons (Fsp3) is 0.429. The van der Waals surface area contributed by atoms with Gasteiger partial charge in [0.1, 0.15) is 11.5 Å². The molecule has 0 aromatic carbocycles. The topological polar surface area (TPSA) is 46.3 Å². The van der Waals surface area contributed by atoms with Gasteiger partial charge in [-0.2, -0.15) is 0 Å². The zero-order chi connectivity index (χ0) is 13.4. The molecule has 2 aromatic rings. The second-order valence-corrected chi connectivity index (χ2v) is 5.79. The normalized spacial score (nSPS) is 15.6. The third-order valence-corrected chi connectivity index (χ3v) is 4.35. The summed E-state index contributed by atoms with van der Waals surface area (Å²) in [6.45, 7) is 5.78. The van der Waals surface area contributed by atoms with Gasteiger partial charge < -0.3 is 9.32 Å². The molecule has 1 aliphatic heterocycles. The fourth-order valence-electron chi connectivity index (χ4n) is 2.19. The number of hydrogen-bond donors (Lipinski definition) is 0. The van der Waals surface area contributed by atoms with E-state index in [-0.39, 0.29) is 5.91 Å². The minimum absolute atomic E-state index is 0.0375. The molecule has 2 aromatic heterocycles. The van der Waals surface area contributed by atoms with Gasteiger partial charge >= 0.3 is 0 Å². The molecule has 19 heavy (non-hydrogen) atoms. The Morgan fingerprint density at radius 2 is 2.32 bits per heavy atom. The van der Waals surface area contributed by atoms with Gasteiger partial charge in [-0.3, -0.25) is 4.79 Å². The Hall–Kier alpha value is -1.62. The van der Waals surface area contributed by atoms with Crippen molar-refractivity contribution in [3.63, 3.8) is 0 Å². The van der Waals surface area contributed by atoms with Crippen LogP contribution in [-0.2, 0) is 0 Å². The number of aromatic nitrogens is 1. The average molecular weight is 276 g/mol. The Balaban J connectivity index is 1.73. The highest BCUT2D eigenvalue weighted by Gasteiger charge is 2.31. The number of thiazole rings is 1. The van der Waals surface area contributed by atoms with Crippen LogP contribution in [0.15, 0.2) is 21.9 Å². The summed E-state index contributed by atoms with van der Waals surface area (Å²) in [6, 6.07) is 3.79. The predicted octanol–water partition coefficient (Wildman–Crippen LogP) is 3.19. The molecule has 0 N–H and O–H groups in total. The third kappa shape index (κ3) is 2.30. The SMILES string of the molecule is CCC1CN(C(=O)c2csc(-c3ccc(C)o3)n2)C1. The lowest BCUT2D eigenvalue weighted by Gasteiger charge is -2.38. The minimum Gasteiger partial charge on any atom is -0.459 e. The lowest BCUT2D eigenvalue weighted by molar-refractivity contribution is 0.0489. The Morgan fingerprint density at radius 1 is 1.53 bits per heavy atom. The van der Waals surface area contributed by atoms with Gasteiger partial charge in [-0.15, -0.1) is 11.3 Å². The van der Waals surface area contributed by atoms with E-state index in [4.69, 9.17) is 4.42 Å². The van der Waals surface area contributed by atoms with Crippen LogP contribution in [-0.4, -0.2) is 28.9 Å². The molecule has 5 heteroatoms. The standard InChI is InChI=1S/C14H16N2O2S/c1-3-10-6-16(7-10)14(17)11-8-19-13(15-11)12-5-4-9(2)18-12/h4-5,8,10H,3,6-7H2,1-2H3. The maximum Gasteiger partial charge on any atom is 0.273 e. The molecular formula is C14H16N2O2S. The summed E-state index contributed by atoms with van der Waals surface area (Å²) in [4.78, 5) is 18.4. The summed E-state index contributed by atoms with van der Waals surface area (Å²) in [7, 11) is 0. The maximum atomic E-state index is 12.2. The van der Waals surface area contributed by atoms with E-state index >= 15 is 0 Å². The zero-order valence-corrected chi connectivity index (χ0v) is 11.9. The molecule has 4 nitrogen and oxygen atoms in total. The summed E-state index contributed by atoms with van der Waals surface area (Å²) >= 11 is 1.45. The molecule has 0 spiro atoms. The molecule has 0 radical (unpaired) electrons. The van der Waals surface area contributed by atoms with Crippen molar-refractivity contribution in [2.45, 2.75) is 20.3 Å². The van der Waals surface area contributed by atoms with Gasteiger partial charge in [0.05, 0.1) is 0 Å². The van der Waals surface area contributed by atoms with Crippen LogP contribution in [0.25, 0.3) is 10.8 Å². The molecule has 1 fully saturated rings. The van der Waals surface area contributed by atoms with Crippen molar-refractivity contribution < 1.29 is 9.21 Å². The van der Waals surface area contributed by atoms with Crippen LogP contribution in [0.2, 0.25) is 0 Å². The van der Waals surface area contributed by atoms with Crippen LogP contribution >= 0.6 is 11.3 Å². The van der Waals surface area contributed by atoms with E-state index in [2.05, 4.69) is 11.9 Å². The second-order valence-electron chi connectivity index (χ2n) is 4.93. The third-order valence-electron chi connectivity index (χ3n) is 3.50. The molecule has 0 bridgehead atoms. The van der Waals surface area contributed by atoms with E-state index in [0.29, 0.717) is 11.6 Å². The van der Waals surface area contributed by atoms with Crippen molar-refractivity contribution >= 4 is 17.2 Å². The van der Waals surface area contributed by atoms with E-state index in [1.807, 2.05) is 29.3 Å². The lowest BCUT2D eigenvalue weighted by Crippen LogP contribution is -2.49. The van der Waals surface area contributed by atoms with E-state index < -0.39 is 0 Å². The Kier molecular flexibility index (Phi) is 3.14. The molecule has 3 heterocycles. The predicted molar refractivity (Wildman–Crippen MR) is 74.2 cm³/mol. The summed E-state index contributed by atoms with van der Waals surface area (Å²) in [5.41, 5.74) is 0.531. The minimum atomic E-state index is 0.0375. The number of aryl methyl sites for hydroxylation is 1. The number of carbonyl (C=O) groups is 1. The summed E-state index contributed by atoms with van der Waals surface area (Å²) in [5, 5.41) is 2.58. The van der Waals surface area contributed by atoms with E-state index in [1.54, 1.807) is 0 Å². The van der Waals surface area contributed by atoms with Gasteiger partial charge in [-0.05, 0) is 31.4 Å². The first kappa shape index (κ1) is 12.4. The highest BCUT2D eigenvalue weighted by atomic mass is 32.1. The fourth-order valence-corrected chi connectivity index (χ4v) is 2.94.